The second-order valence-corrected chi connectivity index (χ2v) is 6.88. The molecule has 2 aromatic rings. The average molecular weight is 362 g/mol. The van der Waals surface area contributed by atoms with E-state index in [-0.39, 0.29) is 17.3 Å². The fraction of sp³-hybridized carbons (Fsp3) is 0.583. The van der Waals surface area contributed by atoms with Crippen molar-refractivity contribution in [3.63, 3.8) is 0 Å². The Hall–Kier alpha value is -2.10. The maximum atomic E-state index is 12.4. The normalized spacial score (nSPS) is 11.8. The van der Waals surface area contributed by atoms with Gasteiger partial charge in [0, 0.05) is 12.7 Å². The smallest absolute Gasteiger partial charge is 0.399 e. The molecule has 11 nitrogen and oxygen atoms in total. The van der Waals surface area contributed by atoms with Crippen LogP contribution in [0.15, 0.2) is 15.9 Å². The predicted molar refractivity (Wildman–Crippen MR) is 84.0 cm³/mol. The largest absolute Gasteiger partial charge is 0.411 e. The van der Waals surface area contributed by atoms with Crippen molar-refractivity contribution in [2.45, 2.75) is 25.8 Å². The molecule has 0 saturated heterocycles. The Bertz CT molecular complexity index is 878. The zero-order chi connectivity index (χ0) is 17.9. The standard InChI is InChI=1S/C12H19N4O7P/c1-22-15-10-9(11(17)16(23-2)12(15)18)14(8-13-10)6-4-3-5-7-24(19,20)21/h8H,3-7H2,1-2H3,(H2,19,20,21). The fourth-order valence-electron chi connectivity index (χ4n) is 2.37. The first-order valence-corrected chi connectivity index (χ1v) is 8.96. The SMILES string of the molecule is COn1c(=O)c2c(ncn2CCCCCP(=O)(O)O)n(OC)c1=O. The molecule has 0 saturated carbocycles. The van der Waals surface area contributed by atoms with E-state index in [0.717, 1.165) is 4.73 Å². The summed E-state index contributed by atoms with van der Waals surface area (Å²) in [7, 11) is -1.52. The van der Waals surface area contributed by atoms with E-state index < -0.39 is 18.8 Å². The maximum absolute atomic E-state index is 12.4. The Labute approximate surface area is 136 Å². The van der Waals surface area contributed by atoms with E-state index in [1.165, 1.54) is 20.5 Å². The summed E-state index contributed by atoms with van der Waals surface area (Å²) < 4.78 is 13.8. The number of fused-ring (bicyclic) bond motifs is 1. The van der Waals surface area contributed by atoms with E-state index in [4.69, 9.17) is 19.5 Å². The topological polar surface area (TPSA) is 138 Å². The van der Waals surface area contributed by atoms with Crippen molar-refractivity contribution >= 4 is 18.8 Å². The lowest BCUT2D eigenvalue weighted by atomic mass is 10.2. The van der Waals surface area contributed by atoms with Crippen LogP contribution in [0.1, 0.15) is 19.3 Å². The van der Waals surface area contributed by atoms with Crippen LogP contribution in [0.2, 0.25) is 0 Å². The van der Waals surface area contributed by atoms with Crippen LogP contribution < -0.4 is 20.9 Å². The number of nitrogens with zero attached hydrogens (tertiary/aromatic N) is 4. The Balaban J connectivity index is 2.25. The van der Waals surface area contributed by atoms with Crippen LogP contribution in [0.4, 0.5) is 0 Å². The molecule has 0 bridgehead atoms. The molecule has 2 rings (SSSR count). The Morgan fingerprint density at radius 1 is 1.12 bits per heavy atom. The summed E-state index contributed by atoms with van der Waals surface area (Å²) >= 11 is 0. The van der Waals surface area contributed by atoms with Crippen LogP contribution in [0, 0.1) is 0 Å². The number of unbranched alkanes of at least 4 members (excludes halogenated alkanes) is 2. The lowest BCUT2D eigenvalue weighted by Gasteiger charge is -2.09. The van der Waals surface area contributed by atoms with Crippen LogP contribution in [-0.4, -0.2) is 49.2 Å². The minimum atomic E-state index is -3.98. The Morgan fingerprint density at radius 2 is 1.79 bits per heavy atom. The van der Waals surface area contributed by atoms with Gasteiger partial charge in [-0.05, 0) is 12.8 Å². The van der Waals surface area contributed by atoms with Gasteiger partial charge in [-0.3, -0.25) is 9.36 Å². The van der Waals surface area contributed by atoms with Gasteiger partial charge in [-0.15, -0.1) is 4.73 Å². The first-order valence-electron chi connectivity index (χ1n) is 7.16. The zero-order valence-corrected chi connectivity index (χ0v) is 14.2. The Morgan fingerprint density at radius 3 is 2.38 bits per heavy atom. The maximum Gasteiger partial charge on any atom is 0.399 e. The van der Waals surface area contributed by atoms with E-state index in [9.17, 15) is 14.2 Å². The van der Waals surface area contributed by atoms with E-state index >= 15 is 0 Å². The molecule has 0 aromatic carbocycles. The van der Waals surface area contributed by atoms with Crippen molar-refractivity contribution in [1.82, 2.24) is 19.0 Å². The first kappa shape index (κ1) is 18.2. The van der Waals surface area contributed by atoms with Crippen molar-refractivity contribution in [2.75, 3.05) is 20.4 Å². The molecule has 12 heteroatoms. The molecule has 0 radical (unpaired) electrons. The molecule has 0 spiro atoms. The quantitative estimate of drug-likeness (QED) is 0.442. The van der Waals surface area contributed by atoms with Gasteiger partial charge in [0.1, 0.15) is 14.2 Å². The molecule has 2 N–H and O–H groups in total. The van der Waals surface area contributed by atoms with Gasteiger partial charge in [0.05, 0.1) is 6.33 Å². The van der Waals surface area contributed by atoms with Gasteiger partial charge in [0.25, 0.3) is 0 Å². The van der Waals surface area contributed by atoms with E-state index in [1.807, 2.05) is 0 Å². The summed E-state index contributed by atoms with van der Waals surface area (Å²) in [6, 6.07) is 0. The van der Waals surface area contributed by atoms with Crippen molar-refractivity contribution in [2.24, 2.45) is 0 Å². The molecule has 0 fully saturated rings. The van der Waals surface area contributed by atoms with Crippen LogP contribution >= 0.6 is 7.60 Å². The molecule has 0 aliphatic rings. The highest BCUT2D eigenvalue weighted by Gasteiger charge is 2.19. The second kappa shape index (κ2) is 7.20. The number of aromatic nitrogens is 4. The van der Waals surface area contributed by atoms with E-state index in [2.05, 4.69) is 4.98 Å². The zero-order valence-electron chi connectivity index (χ0n) is 13.3. The molecule has 0 amide bonds. The summed E-state index contributed by atoms with van der Waals surface area (Å²) in [5.41, 5.74) is -1.23. The highest BCUT2D eigenvalue weighted by atomic mass is 31.2. The molecule has 0 unspecified atom stereocenters. The van der Waals surface area contributed by atoms with Crippen LogP contribution in [-0.2, 0) is 11.1 Å². The minimum absolute atomic E-state index is 0.0796. The molecule has 0 atom stereocenters. The Kier molecular flexibility index (Phi) is 5.47. The molecule has 134 valence electrons. The molecule has 2 aromatic heterocycles. The van der Waals surface area contributed by atoms with Crippen molar-refractivity contribution in [3.05, 3.63) is 27.2 Å². The number of imidazole rings is 1. The van der Waals surface area contributed by atoms with Crippen LogP contribution in [0.3, 0.4) is 0 Å². The molecule has 24 heavy (non-hydrogen) atoms. The van der Waals surface area contributed by atoms with E-state index in [1.54, 1.807) is 4.57 Å². The fourth-order valence-corrected chi connectivity index (χ4v) is 3.00. The van der Waals surface area contributed by atoms with Crippen molar-refractivity contribution in [3.8, 4) is 0 Å². The third-order valence-electron chi connectivity index (χ3n) is 3.46. The van der Waals surface area contributed by atoms with Gasteiger partial charge >= 0.3 is 18.8 Å². The molecule has 2 heterocycles. The van der Waals surface area contributed by atoms with Crippen LogP contribution in [0.5, 0.6) is 0 Å². The van der Waals surface area contributed by atoms with Gasteiger partial charge in [-0.1, -0.05) is 11.2 Å². The first-order chi connectivity index (χ1) is 11.3. The lowest BCUT2D eigenvalue weighted by molar-refractivity contribution is 0.0985. The van der Waals surface area contributed by atoms with Crippen molar-refractivity contribution in [1.29, 1.82) is 0 Å². The summed E-state index contributed by atoms with van der Waals surface area (Å²) in [5.74, 6) is 0. The van der Waals surface area contributed by atoms with Crippen molar-refractivity contribution < 1.29 is 24.0 Å². The predicted octanol–water partition coefficient (Wildman–Crippen LogP) is -1.18. The summed E-state index contributed by atoms with van der Waals surface area (Å²) in [6.07, 6.45) is 2.78. The summed E-state index contributed by atoms with van der Waals surface area (Å²) in [5, 5.41) is 0. The van der Waals surface area contributed by atoms with Gasteiger partial charge in [-0.2, -0.15) is 0 Å². The second-order valence-electron chi connectivity index (χ2n) is 5.10. The summed E-state index contributed by atoms with van der Waals surface area (Å²) in [6.45, 7) is 0.401. The molecular formula is C12H19N4O7P. The third-order valence-corrected chi connectivity index (χ3v) is 4.36. The van der Waals surface area contributed by atoms with Gasteiger partial charge in [0.15, 0.2) is 5.52 Å². The van der Waals surface area contributed by atoms with E-state index in [0.29, 0.717) is 30.5 Å². The number of hydrogen-bond donors (Lipinski definition) is 2. The van der Waals surface area contributed by atoms with Gasteiger partial charge in [-0.25, -0.2) is 9.78 Å². The lowest BCUT2D eigenvalue weighted by Crippen LogP contribution is -2.44. The highest BCUT2D eigenvalue weighted by Crippen LogP contribution is 2.35. The number of aryl methyl sites for hydroxylation is 1. The molecule has 0 aliphatic carbocycles. The molecular weight excluding hydrogens is 343 g/mol. The van der Waals surface area contributed by atoms with Gasteiger partial charge in [0.2, 0.25) is 5.65 Å². The summed E-state index contributed by atoms with van der Waals surface area (Å²) in [4.78, 5) is 55.8. The average Bonchev–Trinajstić information content (AvgIpc) is 2.91. The van der Waals surface area contributed by atoms with Crippen LogP contribution in [0.25, 0.3) is 11.2 Å². The number of hydrogen-bond acceptors (Lipinski definition) is 6. The number of rotatable bonds is 8. The third kappa shape index (κ3) is 3.69. The monoisotopic (exact) mass is 362 g/mol. The van der Waals surface area contributed by atoms with Gasteiger partial charge < -0.3 is 24.0 Å². The minimum Gasteiger partial charge on any atom is -0.411 e. The highest BCUT2D eigenvalue weighted by molar-refractivity contribution is 7.51. The molecule has 0 aliphatic heterocycles.